The highest BCUT2D eigenvalue weighted by Gasteiger charge is 2.22. The van der Waals surface area contributed by atoms with Gasteiger partial charge >= 0.3 is 5.97 Å². The minimum Gasteiger partial charge on any atom is -0.452 e. The zero-order valence-electron chi connectivity index (χ0n) is 8.24. The van der Waals surface area contributed by atoms with Gasteiger partial charge in [0, 0.05) is 17.6 Å². The second-order valence-electron chi connectivity index (χ2n) is 3.80. The molecular weight excluding hydrogens is 190 g/mol. The smallest absolute Gasteiger partial charge is 0.309 e. The number of carbonyl (C=O) groups is 1. The predicted octanol–water partition coefficient (Wildman–Crippen LogP) is 1.46. The lowest BCUT2D eigenvalue weighted by atomic mass is 9.93. The molecule has 78 valence electrons. The monoisotopic (exact) mass is 207 g/mol. The standard InChI is InChI=1S/C8H17NO3S/c1-6(4-8(2,3)9)7(10)12-5-13-11/h6,11H,4-5,9H2,1-3H3. The van der Waals surface area contributed by atoms with Crippen molar-refractivity contribution >= 4 is 18.0 Å². The molecular formula is C8H17NO3S. The molecule has 0 saturated carbocycles. The van der Waals surface area contributed by atoms with Crippen molar-refractivity contribution in [2.24, 2.45) is 11.7 Å². The van der Waals surface area contributed by atoms with Crippen LogP contribution in [-0.2, 0) is 9.53 Å². The summed E-state index contributed by atoms with van der Waals surface area (Å²) in [5.74, 6) is -0.569. The van der Waals surface area contributed by atoms with Gasteiger partial charge in [0.05, 0.1) is 5.92 Å². The first kappa shape index (κ1) is 12.7. The van der Waals surface area contributed by atoms with Crippen molar-refractivity contribution in [1.82, 2.24) is 0 Å². The summed E-state index contributed by atoms with van der Waals surface area (Å²) >= 11 is 0.491. The van der Waals surface area contributed by atoms with Gasteiger partial charge in [0.25, 0.3) is 0 Å². The Balaban J connectivity index is 3.83. The molecule has 0 heterocycles. The summed E-state index contributed by atoms with van der Waals surface area (Å²) in [5, 5.41) is 0. The van der Waals surface area contributed by atoms with Gasteiger partial charge in [0.2, 0.25) is 0 Å². The van der Waals surface area contributed by atoms with E-state index in [1.165, 1.54) is 0 Å². The van der Waals surface area contributed by atoms with Gasteiger partial charge in [-0.05, 0) is 20.3 Å². The minimum atomic E-state index is -0.370. The molecule has 0 spiro atoms. The maximum Gasteiger partial charge on any atom is 0.309 e. The third-order valence-corrected chi connectivity index (χ3v) is 1.71. The number of nitrogens with two attached hydrogens (primary N) is 1. The summed E-state index contributed by atoms with van der Waals surface area (Å²) in [6.45, 7) is 5.48. The van der Waals surface area contributed by atoms with Crippen LogP contribution < -0.4 is 5.73 Å². The van der Waals surface area contributed by atoms with E-state index in [1.807, 2.05) is 13.8 Å². The van der Waals surface area contributed by atoms with Crippen LogP contribution in [0, 0.1) is 5.92 Å². The van der Waals surface area contributed by atoms with Crippen molar-refractivity contribution in [2.75, 3.05) is 5.94 Å². The van der Waals surface area contributed by atoms with Crippen molar-refractivity contribution in [2.45, 2.75) is 32.7 Å². The van der Waals surface area contributed by atoms with E-state index in [0.29, 0.717) is 18.5 Å². The molecule has 0 saturated heterocycles. The number of carbonyl (C=O) groups excluding carboxylic acids is 1. The van der Waals surface area contributed by atoms with Gasteiger partial charge in [0.1, 0.15) is 0 Å². The van der Waals surface area contributed by atoms with Crippen LogP contribution in [0.5, 0.6) is 0 Å². The second kappa shape index (κ2) is 5.47. The van der Waals surface area contributed by atoms with E-state index in [0.717, 1.165) is 0 Å². The zero-order valence-corrected chi connectivity index (χ0v) is 9.06. The molecule has 0 aliphatic rings. The Labute approximate surface area is 83.0 Å². The fourth-order valence-electron chi connectivity index (χ4n) is 1.10. The van der Waals surface area contributed by atoms with E-state index in [4.69, 9.17) is 15.0 Å². The van der Waals surface area contributed by atoms with Gasteiger partial charge in [-0.25, -0.2) is 0 Å². The van der Waals surface area contributed by atoms with Crippen molar-refractivity contribution in [3.05, 3.63) is 0 Å². The summed E-state index contributed by atoms with van der Waals surface area (Å²) in [5.41, 5.74) is 5.37. The van der Waals surface area contributed by atoms with E-state index in [1.54, 1.807) is 6.92 Å². The van der Waals surface area contributed by atoms with Crippen LogP contribution in [0.25, 0.3) is 0 Å². The van der Waals surface area contributed by atoms with Gasteiger partial charge < -0.3 is 15.0 Å². The molecule has 1 atom stereocenters. The number of hydrogen-bond donors (Lipinski definition) is 2. The Hall–Kier alpha value is -0.260. The average Bonchev–Trinajstić information content (AvgIpc) is 1.96. The summed E-state index contributed by atoms with van der Waals surface area (Å²) in [6, 6.07) is 0. The number of esters is 1. The van der Waals surface area contributed by atoms with E-state index in [2.05, 4.69) is 0 Å². The first-order valence-electron chi connectivity index (χ1n) is 4.08. The Bertz CT molecular complexity index is 167. The maximum absolute atomic E-state index is 11.2. The highest BCUT2D eigenvalue weighted by atomic mass is 32.2. The normalized spacial score (nSPS) is 13.9. The van der Waals surface area contributed by atoms with Crippen LogP contribution in [-0.4, -0.2) is 22.0 Å². The molecule has 5 heteroatoms. The second-order valence-corrected chi connectivity index (χ2v) is 4.30. The lowest BCUT2D eigenvalue weighted by Crippen LogP contribution is -2.36. The molecule has 0 aromatic heterocycles. The predicted molar refractivity (Wildman–Crippen MR) is 53.2 cm³/mol. The van der Waals surface area contributed by atoms with Gasteiger partial charge in [0.15, 0.2) is 5.94 Å². The molecule has 0 bridgehead atoms. The first-order valence-corrected chi connectivity index (χ1v) is 5.03. The van der Waals surface area contributed by atoms with Crippen LogP contribution in [0.1, 0.15) is 27.2 Å². The van der Waals surface area contributed by atoms with Gasteiger partial charge in [-0.15, -0.1) is 0 Å². The SMILES string of the molecule is CC(CC(C)(C)N)C(=O)OCSO. The van der Waals surface area contributed by atoms with Crippen LogP contribution in [0.2, 0.25) is 0 Å². The molecule has 0 aliphatic carbocycles. The summed E-state index contributed by atoms with van der Waals surface area (Å²) in [7, 11) is 0. The van der Waals surface area contributed by atoms with Crippen molar-refractivity contribution in [3.63, 3.8) is 0 Å². The lowest BCUT2D eigenvalue weighted by Gasteiger charge is -2.21. The molecule has 0 amide bonds. The third kappa shape index (κ3) is 6.86. The van der Waals surface area contributed by atoms with Crippen LogP contribution in [0.4, 0.5) is 0 Å². The van der Waals surface area contributed by atoms with E-state index < -0.39 is 0 Å². The Kier molecular flexibility index (Phi) is 5.36. The summed E-state index contributed by atoms with van der Waals surface area (Å²) in [4.78, 5) is 11.2. The first-order chi connectivity index (χ1) is 5.87. The maximum atomic E-state index is 11.2. The molecule has 0 radical (unpaired) electrons. The van der Waals surface area contributed by atoms with Gasteiger partial charge in [-0.2, -0.15) is 0 Å². The molecule has 4 nitrogen and oxygen atoms in total. The van der Waals surface area contributed by atoms with Gasteiger partial charge in [-0.3, -0.25) is 4.79 Å². The fraction of sp³-hybridized carbons (Fsp3) is 0.875. The Morgan fingerprint density at radius 2 is 2.23 bits per heavy atom. The number of hydrogen-bond acceptors (Lipinski definition) is 5. The van der Waals surface area contributed by atoms with E-state index in [9.17, 15) is 4.79 Å². The third-order valence-electron chi connectivity index (χ3n) is 1.49. The Morgan fingerprint density at radius 1 is 1.69 bits per heavy atom. The van der Waals surface area contributed by atoms with Crippen molar-refractivity contribution in [3.8, 4) is 0 Å². The highest BCUT2D eigenvalue weighted by molar-refractivity contribution is 7.93. The quantitative estimate of drug-likeness (QED) is 0.405. The zero-order chi connectivity index (χ0) is 10.5. The molecule has 0 rings (SSSR count). The van der Waals surface area contributed by atoms with Crippen LogP contribution >= 0.6 is 12.0 Å². The van der Waals surface area contributed by atoms with Crippen molar-refractivity contribution in [1.29, 1.82) is 0 Å². The molecule has 1 unspecified atom stereocenters. The largest absolute Gasteiger partial charge is 0.452 e. The average molecular weight is 207 g/mol. The van der Waals surface area contributed by atoms with Gasteiger partial charge in [-0.1, -0.05) is 6.92 Å². The Morgan fingerprint density at radius 3 is 2.62 bits per heavy atom. The molecule has 0 aromatic rings. The van der Waals surface area contributed by atoms with E-state index >= 15 is 0 Å². The number of rotatable bonds is 5. The fourth-order valence-corrected chi connectivity index (χ4v) is 1.27. The lowest BCUT2D eigenvalue weighted by molar-refractivity contribution is -0.146. The molecule has 13 heavy (non-hydrogen) atoms. The van der Waals surface area contributed by atoms with Crippen LogP contribution in [0.3, 0.4) is 0 Å². The van der Waals surface area contributed by atoms with Crippen LogP contribution in [0.15, 0.2) is 0 Å². The minimum absolute atomic E-state index is 0.0197. The van der Waals surface area contributed by atoms with Crippen molar-refractivity contribution < 1.29 is 14.1 Å². The summed E-state index contributed by atoms with van der Waals surface area (Å²) in [6.07, 6.45) is 0.571. The molecule has 0 fully saturated rings. The summed E-state index contributed by atoms with van der Waals surface area (Å²) < 4.78 is 13.1. The molecule has 0 aromatic carbocycles. The molecule has 3 N–H and O–H groups in total. The molecule has 0 aliphatic heterocycles. The number of ether oxygens (including phenoxy) is 1. The highest BCUT2D eigenvalue weighted by Crippen LogP contribution is 2.14. The van der Waals surface area contributed by atoms with E-state index in [-0.39, 0.29) is 23.4 Å². The topological polar surface area (TPSA) is 72.6 Å².